The molecule has 0 amide bonds. The third kappa shape index (κ3) is 3.15. The number of nitrogens with zero attached hydrogens (tertiary/aromatic N) is 1. The summed E-state index contributed by atoms with van der Waals surface area (Å²) in [6.45, 7) is 4.99. The molecule has 0 aromatic carbocycles. The van der Waals surface area contributed by atoms with Crippen molar-refractivity contribution in [2.45, 2.75) is 19.8 Å². The number of carbonyl (C=O) groups is 1. The van der Waals surface area contributed by atoms with Gasteiger partial charge < -0.3 is 4.90 Å². The number of carbonyl (C=O) groups excluding carboxylic acids is 1. The van der Waals surface area contributed by atoms with Gasteiger partial charge in [0.25, 0.3) is 0 Å². The predicted octanol–water partition coefficient (Wildman–Crippen LogP) is 2.96. The minimum Gasteiger partial charge on any atom is -0.302 e. The first-order chi connectivity index (χ1) is 7.65. The van der Waals surface area contributed by atoms with Crippen molar-refractivity contribution in [2.24, 2.45) is 5.92 Å². The van der Waals surface area contributed by atoms with Crippen LogP contribution in [0.1, 0.15) is 18.2 Å². The molecule has 2 rings (SSSR count). The van der Waals surface area contributed by atoms with Crippen molar-refractivity contribution in [3.8, 4) is 0 Å². The molecule has 1 saturated heterocycles. The van der Waals surface area contributed by atoms with Gasteiger partial charge in [0.2, 0.25) is 0 Å². The number of hydrogen-bond acceptors (Lipinski definition) is 3. The SMILES string of the molecule is CC1CN(CCc2ccc(Br)s2)CCC1=O. The molecule has 0 radical (unpaired) electrons. The topological polar surface area (TPSA) is 20.3 Å². The summed E-state index contributed by atoms with van der Waals surface area (Å²) in [5.41, 5.74) is 0. The van der Waals surface area contributed by atoms with Crippen molar-refractivity contribution < 1.29 is 4.79 Å². The van der Waals surface area contributed by atoms with Crippen LogP contribution >= 0.6 is 27.3 Å². The van der Waals surface area contributed by atoms with E-state index >= 15 is 0 Å². The predicted molar refractivity (Wildman–Crippen MR) is 71.0 cm³/mol. The molecule has 1 aliphatic rings. The molecule has 0 aliphatic carbocycles. The number of hydrogen-bond donors (Lipinski definition) is 0. The van der Waals surface area contributed by atoms with E-state index in [4.69, 9.17) is 0 Å². The highest BCUT2D eigenvalue weighted by Crippen LogP contribution is 2.23. The summed E-state index contributed by atoms with van der Waals surface area (Å²) in [6, 6.07) is 4.27. The van der Waals surface area contributed by atoms with Gasteiger partial charge in [0, 0.05) is 36.9 Å². The molecule has 0 bridgehead atoms. The average molecular weight is 302 g/mol. The molecule has 4 heteroatoms. The van der Waals surface area contributed by atoms with Crippen molar-refractivity contribution >= 4 is 33.0 Å². The molecule has 2 heterocycles. The van der Waals surface area contributed by atoms with Gasteiger partial charge in [-0.1, -0.05) is 6.92 Å². The smallest absolute Gasteiger partial charge is 0.138 e. The Kier molecular flexibility index (Phi) is 4.16. The summed E-state index contributed by atoms with van der Waals surface area (Å²) in [5, 5.41) is 0. The van der Waals surface area contributed by atoms with E-state index < -0.39 is 0 Å². The Bertz CT molecular complexity index is 377. The maximum absolute atomic E-state index is 11.4. The molecule has 0 saturated carbocycles. The van der Waals surface area contributed by atoms with Gasteiger partial charge in [-0.2, -0.15) is 0 Å². The lowest BCUT2D eigenvalue weighted by atomic mass is 9.98. The van der Waals surface area contributed by atoms with Gasteiger partial charge in [-0.3, -0.25) is 4.79 Å². The fraction of sp³-hybridized carbons (Fsp3) is 0.583. The largest absolute Gasteiger partial charge is 0.302 e. The maximum Gasteiger partial charge on any atom is 0.138 e. The number of likely N-dealkylation sites (tertiary alicyclic amines) is 1. The van der Waals surface area contributed by atoms with Crippen LogP contribution in [0.3, 0.4) is 0 Å². The molecule has 1 aromatic rings. The minimum absolute atomic E-state index is 0.226. The van der Waals surface area contributed by atoms with Crippen LogP contribution in [-0.4, -0.2) is 30.3 Å². The Balaban J connectivity index is 1.80. The van der Waals surface area contributed by atoms with E-state index in [0.717, 1.165) is 32.5 Å². The second-order valence-corrected chi connectivity index (χ2v) is 6.92. The van der Waals surface area contributed by atoms with Crippen LogP contribution in [-0.2, 0) is 11.2 Å². The van der Waals surface area contributed by atoms with Crippen molar-refractivity contribution in [1.82, 2.24) is 4.90 Å². The molecule has 16 heavy (non-hydrogen) atoms. The molecule has 1 unspecified atom stereocenters. The average Bonchev–Trinajstić information content (AvgIpc) is 2.66. The van der Waals surface area contributed by atoms with Gasteiger partial charge in [0.05, 0.1) is 3.79 Å². The summed E-state index contributed by atoms with van der Waals surface area (Å²) < 4.78 is 1.20. The Morgan fingerprint density at radius 3 is 3.00 bits per heavy atom. The van der Waals surface area contributed by atoms with Crippen LogP contribution in [0, 0.1) is 5.92 Å². The monoisotopic (exact) mass is 301 g/mol. The maximum atomic E-state index is 11.4. The lowest BCUT2D eigenvalue weighted by Crippen LogP contribution is -2.40. The first-order valence-electron chi connectivity index (χ1n) is 5.64. The number of thiophene rings is 1. The Morgan fingerprint density at radius 1 is 1.56 bits per heavy atom. The van der Waals surface area contributed by atoms with E-state index in [1.54, 1.807) is 11.3 Å². The zero-order valence-electron chi connectivity index (χ0n) is 9.41. The Hall–Kier alpha value is -0.190. The van der Waals surface area contributed by atoms with E-state index in [2.05, 4.69) is 33.0 Å². The summed E-state index contributed by atoms with van der Waals surface area (Å²) in [5.74, 6) is 0.652. The summed E-state index contributed by atoms with van der Waals surface area (Å²) in [6.07, 6.45) is 1.83. The molecule has 88 valence electrons. The van der Waals surface area contributed by atoms with Crippen LogP contribution in [0.2, 0.25) is 0 Å². The van der Waals surface area contributed by atoms with Crippen molar-refractivity contribution in [3.05, 3.63) is 20.8 Å². The molecule has 1 aromatic heterocycles. The minimum atomic E-state index is 0.226. The van der Waals surface area contributed by atoms with Crippen LogP contribution in [0.5, 0.6) is 0 Å². The van der Waals surface area contributed by atoms with Gasteiger partial charge in [-0.15, -0.1) is 11.3 Å². The number of halogens is 1. The zero-order chi connectivity index (χ0) is 11.5. The lowest BCUT2D eigenvalue weighted by molar-refractivity contribution is -0.125. The van der Waals surface area contributed by atoms with E-state index in [9.17, 15) is 4.79 Å². The van der Waals surface area contributed by atoms with E-state index in [1.165, 1.54) is 8.66 Å². The van der Waals surface area contributed by atoms with Gasteiger partial charge >= 0.3 is 0 Å². The van der Waals surface area contributed by atoms with Crippen LogP contribution < -0.4 is 0 Å². The summed E-state index contributed by atoms with van der Waals surface area (Å²) in [7, 11) is 0. The fourth-order valence-corrected chi connectivity index (χ4v) is 3.52. The zero-order valence-corrected chi connectivity index (χ0v) is 11.8. The van der Waals surface area contributed by atoms with E-state index in [0.29, 0.717) is 5.78 Å². The number of rotatable bonds is 3. The first-order valence-corrected chi connectivity index (χ1v) is 7.25. The van der Waals surface area contributed by atoms with Crippen LogP contribution in [0.15, 0.2) is 15.9 Å². The van der Waals surface area contributed by atoms with Crippen LogP contribution in [0.25, 0.3) is 0 Å². The highest BCUT2D eigenvalue weighted by Gasteiger charge is 2.22. The van der Waals surface area contributed by atoms with Gasteiger partial charge in [0.15, 0.2) is 0 Å². The molecule has 0 spiro atoms. The molecule has 2 nitrogen and oxygen atoms in total. The fourth-order valence-electron chi connectivity index (χ4n) is 2.05. The molecule has 1 atom stereocenters. The van der Waals surface area contributed by atoms with Gasteiger partial charge in [-0.05, 0) is 34.5 Å². The molecule has 1 fully saturated rings. The molecular formula is C12H16BrNOS. The number of ketones is 1. The Labute approximate surface area is 109 Å². The van der Waals surface area contributed by atoms with Gasteiger partial charge in [-0.25, -0.2) is 0 Å². The van der Waals surface area contributed by atoms with Crippen molar-refractivity contribution in [2.75, 3.05) is 19.6 Å². The number of Topliss-reactive ketones (excluding diaryl/α,β-unsaturated/α-hetero) is 1. The highest BCUT2D eigenvalue weighted by molar-refractivity contribution is 9.11. The lowest BCUT2D eigenvalue weighted by Gasteiger charge is -2.29. The molecule has 1 aliphatic heterocycles. The first kappa shape index (κ1) is 12.3. The summed E-state index contributed by atoms with van der Waals surface area (Å²) in [4.78, 5) is 15.2. The van der Waals surface area contributed by atoms with Gasteiger partial charge in [0.1, 0.15) is 5.78 Å². The Morgan fingerprint density at radius 2 is 2.38 bits per heavy atom. The number of piperidine rings is 1. The second-order valence-electron chi connectivity index (χ2n) is 4.37. The second kappa shape index (κ2) is 5.43. The normalized spacial score (nSPS) is 22.6. The summed E-state index contributed by atoms with van der Waals surface area (Å²) >= 11 is 5.28. The van der Waals surface area contributed by atoms with Crippen LogP contribution in [0.4, 0.5) is 0 Å². The standard InChI is InChI=1S/C12H16BrNOS/c1-9-8-14(7-5-11(9)15)6-4-10-2-3-12(13)16-10/h2-3,9H,4-8H2,1H3. The van der Waals surface area contributed by atoms with Crippen molar-refractivity contribution in [1.29, 1.82) is 0 Å². The van der Waals surface area contributed by atoms with E-state index in [-0.39, 0.29) is 5.92 Å². The third-order valence-corrected chi connectivity index (χ3v) is 4.74. The highest BCUT2D eigenvalue weighted by atomic mass is 79.9. The third-order valence-electron chi connectivity index (χ3n) is 3.06. The quantitative estimate of drug-likeness (QED) is 0.855. The molecule has 0 N–H and O–H groups in total. The van der Waals surface area contributed by atoms with Crippen molar-refractivity contribution in [3.63, 3.8) is 0 Å². The molecular weight excluding hydrogens is 286 g/mol. The van der Waals surface area contributed by atoms with E-state index in [1.807, 2.05) is 6.92 Å².